The Morgan fingerprint density at radius 1 is 1.37 bits per heavy atom. The van der Waals surface area contributed by atoms with Crippen molar-refractivity contribution >= 4 is 22.9 Å². The molecule has 19 heavy (non-hydrogen) atoms. The van der Waals surface area contributed by atoms with Crippen molar-refractivity contribution in [1.29, 1.82) is 0 Å². The minimum Gasteiger partial charge on any atom is -0.389 e. The number of nitrogens with zero attached hydrogens (tertiary/aromatic N) is 1. The summed E-state index contributed by atoms with van der Waals surface area (Å²) in [6.45, 7) is 1.98. The van der Waals surface area contributed by atoms with E-state index in [9.17, 15) is 0 Å². The Labute approximate surface area is 121 Å². The van der Waals surface area contributed by atoms with E-state index in [1.54, 1.807) is 0 Å². The predicted molar refractivity (Wildman–Crippen MR) is 85.7 cm³/mol. The zero-order chi connectivity index (χ0) is 13.7. The molecule has 1 aromatic rings. The summed E-state index contributed by atoms with van der Waals surface area (Å²) in [6.07, 6.45) is 5.46. The summed E-state index contributed by atoms with van der Waals surface area (Å²) < 4.78 is 0. The Balaban J connectivity index is 1.83. The van der Waals surface area contributed by atoms with Crippen LogP contribution in [0.25, 0.3) is 0 Å². The maximum absolute atomic E-state index is 5.73. The molecule has 0 amide bonds. The standard InChI is InChI=1S/C15H23N3S/c1-18(12-6-2-3-7-12)11-10-17-14-9-5-4-8-13(14)15(16)19/h4-5,8-9,12,17H,2-3,6-7,10-11H2,1H3,(H2,16,19). The van der Waals surface area contributed by atoms with Gasteiger partial charge in [-0.1, -0.05) is 37.2 Å². The first-order valence-electron chi connectivity index (χ1n) is 7.01. The lowest BCUT2D eigenvalue weighted by Crippen LogP contribution is -2.33. The third-order valence-electron chi connectivity index (χ3n) is 3.92. The van der Waals surface area contributed by atoms with E-state index in [0.717, 1.165) is 30.4 Å². The van der Waals surface area contributed by atoms with E-state index in [1.165, 1.54) is 25.7 Å². The predicted octanol–water partition coefficient (Wildman–Crippen LogP) is 2.61. The first-order chi connectivity index (χ1) is 9.18. The van der Waals surface area contributed by atoms with E-state index in [0.29, 0.717) is 4.99 Å². The van der Waals surface area contributed by atoms with E-state index in [-0.39, 0.29) is 0 Å². The highest BCUT2D eigenvalue weighted by atomic mass is 32.1. The second-order valence-electron chi connectivity index (χ2n) is 5.26. The van der Waals surface area contributed by atoms with Gasteiger partial charge in [-0.15, -0.1) is 0 Å². The molecular formula is C15H23N3S. The minimum atomic E-state index is 0.451. The highest BCUT2D eigenvalue weighted by molar-refractivity contribution is 7.80. The van der Waals surface area contributed by atoms with Crippen LogP contribution >= 0.6 is 12.2 Å². The molecule has 0 bridgehead atoms. The molecule has 1 aliphatic carbocycles. The minimum absolute atomic E-state index is 0.451. The van der Waals surface area contributed by atoms with Crippen molar-refractivity contribution < 1.29 is 0 Å². The lowest BCUT2D eigenvalue weighted by molar-refractivity contribution is 0.254. The van der Waals surface area contributed by atoms with Gasteiger partial charge in [0.25, 0.3) is 0 Å². The molecule has 1 aromatic carbocycles. The molecule has 1 aliphatic rings. The molecule has 0 spiro atoms. The molecule has 0 heterocycles. The quantitative estimate of drug-likeness (QED) is 0.784. The zero-order valence-corrected chi connectivity index (χ0v) is 12.4. The summed E-state index contributed by atoms with van der Waals surface area (Å²) in [7, 11) is 2.22. The van der Waals surface area contributed by atoms with Crippen molar-refractivity contribution in [3.63, 3.8) is 0 Å². The highest BCUT2D eigenvalue weighted by Gasteiger charge is 2.18. The van der Waals surface area contributed by atoms with Crippen LogP contribution in [0.1, 0.15) is 31.2 Å². The Kier molecular flexibility index (Phi) is 5.16. The molecule has 4 heteroatoms. The fraction of sp³-hybridized carbons (Fsp3) is 0.533. The molecule has 0 saturated heterocycles. The average molecular weight is 277 g/mol. The van der Waals surface area contributed by atoms with Crippen LogP contribution in [0.3, 0.4) is 0 Å². The molecule has 0 atom stereocenters. The van der Waals surface area contributed by atoms with Crippen molar-refractivity contribution in [1.82, 2.24) is 4.90 Å². The Morgan fingerprint density at radius 3 is 2.74 bits per heavy atom. The van der Waals surface area contributed by atoms with E-state index in [2.05, 4.69) is 17.3 Å². The van der Waals surface area contributed by atoms with Crippen molar-refractivity contribution in [3.8, 4) is 0 Å². The van der Waals surface area contributed by atoms with Gasteiger partial charge in [-0.2, -0.15) is 0 Å². The first-order valence-corrected chi connectivity index (χ1v) is 7.42. The first kappa shape index (κ1) is 14.3. The van der Waals surface area contributed by atoms with Crippen molar-refractivity contribution in [2.75, 3.05) is 25.5 Å². The number of hydrogen-bond acceptors (Lipinski definition) is 3. The molecule has 0 unspecified atom stereocenters. The Hall–Kier alpha value is -1.13. The lowest BCUT2D eigenvalue weighted by atomic mass is 10.1. The topological polar surface area (TPSA) is 41.3 Å². The van der Waals surface area contributed by atoms with Crippen LogP contribution in [0.4, 0.5) is 5.69 Å². The maximum Gasteiger partial charge on any atom is 0.106 e. The third-order valence-corrected chi connectivity index (χ3v) is 4.14. The van der Waals surface area contributed by atoms with Gasteiger partial charge < -0.3 is 16.0 Å². The normalized spacial score (nSPS) is 15.9. The number of nitrogens with two attached hydrogens (primary N) is 1. The number of nitrogens with one attached hydrogen (secondary N) is 1. The SMILES string of the molecule is CN(CCNc1ccccc1C(N)=S)C1CCCC1. The van der Waals surface area contributed by atoms with Crippen molar-refractivity contribution in [2.24, 2.45) is 5.73 Å². The van der Waals surface area contributed by atoms with Crippen LogP contribution in [0.15, 0.2) is 24.3 Å². The van der Waals surface area contributed by atoms with Crippen LogP contribution < -0.4 is 11.1 Å². The monoisotopic (exact) mass is 277 g/mol. The van der Waals surface area contributed by atoms with Crippen LogP contribution in [-0.4, -0.2) is 36.1 Å². The molecule has 0 aliphatic heterocycles. The summed E-state index contributed by atoms with van der Waals surface area (Å²) in [5.74, 6) is 0. The van der Waals surface area contributed by atoms with Crippen LogP contribution in [0, 0.1) is 0 Å². The number of anilines is 1. The molecule has 0 radical (unpaired) electrons. The highest BCUT2D eigenvalue weighted by Crippen LogP contribution is 2.22. The number of benzene rings is 1. The second-order valence-corrected chi connectivity index (χ2v) is 5.70. The van der Waals surface area contributed by atoms with E-state index >= 15 is 0 Å². The van der Waals surface area contributed by atoms with Gasteiger partial charge in [-0.05, 0) is 32.0 Å². The van der Waals surface area contributed by atoms with Gasteiger partial charge in [0, 0.05) is 30.4 Å². The largest absolute Gasteiger partial charge is 0.389 e. The fourth-order valence-electron chi connectivity index (χ4n) is 2.75. The number of likely N-dealkylation sites (N-methyl/N-ethyl adjacent to an activating group) is 1. The molecule has 3 nitrogen and oxygen atoms in total. The molecule has 1 fully saturated rings. The molecule has 104 valence electrons. The third kappa shape index (κ3) is 3.91. The number of rotatable bonds is 6. The molecule has 3 N–H and O–H groups in total. The molecule has 0 aromatic heterocycles. The zero-order valence-electron chi connectivity index (χ0n) is 11.6. The van der Waals surface area contributed by atoms with Gasteiger partial charge in [0.15, 0.2) is 0 Å². The van der Waals surface area contributed by atoms with Gasteiger partial charge in [0.1, 0.15) is 4.99 Å². The van der Waals surface area contributed by atoms with Crippen molar-refractivity contribution in [2.45, 2.75) is 31.7 Å². The van der Waals surface area contributed by atoms with Crippen molar-refractivity contribution in [3.05, 3.63) is 29.8 Å². The van der Waals surface area contributed by atoms with Crippen LogP contribution in [0.2, 0.25) is 0 Å². The average Bonchev–Trinajstić information content (AvgIpc) is 2.93. The van der Waals surface area contributed by atoms with Gasteiger partial charge in [0.05, 0.1) is 0 Å². The maximum atomic E-state index is 5.73. The summed E-state index contributed by atoms with van der Waals surface area (Å²) in [5, 5.41) is 3.44. The molecular weight excluding hydrogens is 254 g/mol. The number of hydrogen-bond donors (Lipinski definition) is 2. The summed E-state index contributed by atoms with van der Waals surface area (Å²) in [5.41, 5.74) is 7.70. The summed E-state index contributed by atoms with van der Waals surface area (Å²) >= 11 is 5.07. The van der Waals surface area contributed by atoms with Gasteiger partial charge in [-0.25, -0.2) is 0 Å². The van der Waals surface area contributed by atoms with Gasteiger partial charge in [0.2, 0.25) is 0 Å². The summed E-state index contributed by atoms with van der Waals surface area (Å²) in [6, 6.07) is 8.73. The lowest BCUT2D eigenvalue weighted by Gasteiger charge is -2.24. The second kappa shape index (κ2) is 6.87. The number of thiocarbonyl (C=S) groups is 1. The Morgan fingerprint density at radius 2 is 2.05 bits per heavy atom. The van der Waals surface area contributed by atoms with Crippen LogP contribution in [-0.2, 0) is 0 Å². The summed E-state index contributed by atoms with van der Waals surface area (Å²) in [4.78, 5) is 2.91. The van der Waals surface area contributed by atoms with Gasteiger partial charge in [-0.3, -0.25) is 0 Å². The molecule has 2 rings (SSSR count). The Bertz CT molecular complexity index is 427. The number of para-hydroxylation sites is 1. The smallest absolute Gasteiger partial charge is 0.106 e. The van der Waals surface area contributed by atoms with E-state index < -0.39 is 0 Å². The van der Waals surface area contributed by atoms with Gasteiger partial charge >= 0.3 is 0 Å². The van der Waals surface area contributed by atoms with Crippen LogP contribution in [0.5, 0.6) is 0 Å². The van der Waals surface area contributed by atoms with E-state index in [4.69, 9.17) is 18.0 Å². The van der Waals surface area contributed by atoms with E-state index in [1.807, 2.05) is 24.3 Å². The molecule has 1 saturated carbocycles. The fourth-order valence-corrected chi connectivity index (χ4v) is 2.92.